The predicted molar refractivity (Wildman–Crippen MR) is 74.7 cm³/mol. The Bertz CT molecular complexity index is 373. The van der Waals surface area contributed by atoms with E-state index in [1.165, 1.54) is 25.7 Å². The lowest BCUT2D eigenvalue weighted by molar-refractivity contribution is 0.397. The largest absolute Gasteiger partial charge is 0.349 e. The highest BCUT2D eigenvalue weighted by atomic mass is 15.0. The summed E-state index contributed by atoms with van der Waals surface area (Å²) in [6, 6.07) is 0. The van der Waals surface area contributed by atoms with Gasteiger partial charge >= 0.3 is 0 Å². The summed E-state index contributed by atoms with van der Waals surface area (Å²) in [5.41, 5.74) is 3.42. The van der Waals surface area contributed by atoms with E-state index in [9.17, 15) is 0 Å². The molecule has 1 aliphatic carbocycles. The van der Waals surface area contributed by atoms with Gasteiger partial charge in [-0.3, -0.25) is 0 Å². The van der Waals surface area contributed by atoms with Crippen molar-refractivity contribution in [1.82, 2.24) is 4.57 Å². The quantitative estimate of drug-likeness (QED) is 0.675. The van der Waals surface area contributed by atoms with Gasteiger partial charge < -0.3 is 4.57 Å². The molecule has 1 saturated carbocycles. The van der Waals surface area contributed by atoms with Crippen LogP contribution >= 0.6 is 0 Å². The molecule has 0 bridgehead atoms. The Morgan fingerprint density at radius 3 is 2.18 bits per heavy atom. The molecule has 1 heteroatoms. The summed E-state index contributed by atoms with van der Waals surface area (Å²) >= 11 is 0. The van der Waals surface area contributed by atoms with Gasteiger partial charge in [-0.1, -0.05) is 26.7 Å². The zero-order valence-corrected chi connectivity index (χ0v) is 12.1. The van der Waals surface area contributed by atoms with Crippen molar-refractivity contribution in [2.24, 2.45) is 0 Å². The monoisotopic (exact) mass is 233 g/mol. The van der Waals surface area contributed by atoms with Crippen LogP contribution in [-0.4, -0.2) is 4.57 Å². The van der Waals surface area contributed by atoms with Crippen LogP contribution in [0.2, 0.25) is 0 Å². The van der Waals surface area contributed by atoms with Crippen molar-refractivity contribution < 1.29 is 0 Å². The van der Waals surface area contributed by atoms with Crippen LogP contribution in [0.15, 0.2) is 12.4 Å². The van der Waals surface area contributed by atoms with E-state index in [0.717, 1.165) is 5.92 Å². The molecule has 96 valence electrons. The third kappa shape index (κ3) is 2.59. The first-order valence-electron chi connectivity index (χ1n) is 7.12. The molecule has 0 saturated heterocycles. The maximum Gasteiger partial charge on any atom is 0.0355 e. The minimum atomic E-state index is 0.209. The first-order chi connectivity index (χ1) is 7.89. The standard InChI is InChI=1S/C16H27N/c1-12(2)14-10-17(16(3,4)5)11-15(14)13-8-6-7-9-13/h10-13H,6-9H2,1-5H3. The average molecular weight is 233 g/mol. The van der Waals surface area contributed by atoms with E-state index >= 15 is 0 Å². The molecule has 2 rings (SSSR count). The maximum atomic E-state index is 2.42. The van der Waals surface area contributed by atoms with Crippen LogP contribution in [0.1, 0.15) is 83.3 Å². The summed E-state index contributed by atoms with van der Waals surface area (Å²) in [7, 11) is 0. The Morgan fingerprint density at radius 1 is 1.12 bits per heavy atom. The van der Waals surface area contributed by atoms with Gasteiger partial charge in [0.15, 0.2) is 0 Å². The van der Waals surface area contributed by atoms with Crippen molar-refractivity contribution in [2.75, 3.05) is 0 Å². The van der Waals surface area contributed by atoms with Crippen LogP contribution in [0.25, 0.3) is 0 Å². The first-order valence-corrected chi connectivity index (χ1v) is 7.12. The minimum Gasteiger partial charge on any atom is -0.349 e. The van der Waals surface area contributed by atoms with Crippen LogP contribution in [0.5, 0.6) is 0 Å². The summed E-state index contributed by atoms with van der Waals surface area (Å²) in [6.45, 7) is 11.5. The Morgan fingerprint density at radius 2 is 1.71 bits per heavy atom. The van der Waals surface area contributed by atoms with E-state index in [2.05, 4.69) is 51.6 Å². The third-order valence-corrected chi connectivity index (χ3v) is 4.08. The highest BCUT2D eigenvalue weighted by Gasteiger charge is 2.24. The molecule has 0 unspecified atom stereocenters. The van der Waals surface area contributed by atoms with Gasteiger partial charge in [0.05, 0.1) is 0 Å². The minimum absolute atomic E-state index is 0.209. The first kappa shape index (κ1) is 12.7. The van der Waals surface area contributed by atoms with Gasteiger partial charge in [-0.25, -0.2) is 0 Å². The molecular weight excluding hydrogens is 206 g/mol. The van der Waals surface area contributed by atoms with E-state index in [-0.39, 0.29) is 5.54 Å². The molecule has 1 aromatic heterocycles. The molecule has 1 aliphatic rings. The molecule has 17 heavy (non-hydrogen) atoms. The topological polar surface area (TPSA) is 4.93 Å². The van der Waals surface area contributed by atoms with Crippen LogP contribution in [0.4, 0.5) is 0 Å². The highest BCUT2D eigenvalue weighted by Crippen LogP contribution is 2.39. The molecule has 0 atom stereocenters. The lowest BCUT2D eigenvalue weighted by Gasteiger charge is -2.21. The fraction of sp³-hybridized carbons (Fsp3) is 0.750. The highest BCUT2D eigenvalue weighted by molar-refractivity contribution is 5.32. The van der Waals surface area contributed by atoms with Crippen LogP contribution in [0, 0.1) is 0 Å². The summed E-state index contributed by atoms with van der Waals surface area (Å²) in [5.74, 6) is 1.48. The van der Waals surface area contributed by atoms with Crippen molar-refractivity contribution in [1.29, 1.82) is 0 Å². The van der Waals surface area contributed by atoms with Gasteiger partial charge in [-0.15, -0.1) is 0 Å². The summed E-state index contributed by atoms with van der Waals surface area (Å²) < 4.78 is 2.41. The molecule has 1 aromatic rings. The number of hydrogen-bond donors (Lipinski definition) is 0. The van der Waals surface area contributed by atoms with E-state index < -0.39 is 0 Å². The number of hydrogen-bond acceptors (Lipinski definition) is 0. The summed E-state index contributed by atoms with van der Waals surface area (Å²) in [5, 5.41) is 0. The molecule has 0 N–H and O–H groups in total. The molecule has 0 aromatic carbocycles. The van der Waals surface area contributed by atoms with Gasteiger partial charge in [0.1, 0.15) is 0 Å². The molecule has 0 spiro atoms. The fourth-order valence-corrected chi connectivity index (χ4v) is 2.93. The SMILES string of the molecule is CC(C)c1cn(C(C)(C)C)cc1C1CCCC1. The molecule has 1 fully saturated rings. The maximum absolute atomic E-state index is 2.42. The van der Waals surface area contributed by atoms with Crippen molar-refractivity contribution in [3.05, 3.63) is 23.5 Å². The van der Waals surface area contributed by atoms with Crippen molar-refractivity contribution in [2.45, 2.75) is 77.7 Å². The van der Waals surface area contributed by atoms with Gasteiger partial charge in [0.2, 0.25) is 0 Å². The smallest absolute Gasteiger partial charge is 0.0355 e. The summed E-state index contributed by atoms with van der Waals surface area (Å²) in [4.78, 5) is 0. The van der Waals surface area contributed by atoms with Gasteiger partial charge in [0.25, 0.3) is 0 Å². The van der Waals surface area contributed by atoms with Crippen molar-refractivity contribution >= 4 is 0 Å². The molecule has 1 heterocycles. The number of nitrogens with zero attached hydrogens (tertiary/aromatic N) is 1. The second-order valence-electron chi connectivity index (χ2n) is 6.88. The molecule has 0 aliphatic heterocycles. The van der Waals surface area contributed by atoms with E-state index in [4.69, 9.17) is 0 Å². The molecular formula is C16H27N. The van der Waals surface area contributed by atoms with E-state index in [1.54, 1.807) is 11.1 Å². The van der Waals surface area contributed by atoms with Crippen LogP contribution < -0.4 is 0 Å². The normalized spacial score (nSPS) is 18.2. The zero-order chi connectivity index (χ0) is 12.6. The second kappa shape index (κ2) is 4.51. The summed E-state index contributed by atoms with van der Waals surface area (Å²) in [6.07, 6.45) is 10.4. The van der Waals surface area contributed by atoms with Crippen molar-refractivity contribution in [3.63, 3.8) is 0 Å². The third-order valence-electron chi connectivity index (χ3n) is 4.08. The molecule has 0 amide bonds. The van der Waals surface area contributed by atoms with Crippen LogP contribution in [0.3, 0.4) is 0 Å². The van der Waals surface area contributed by atoms with Crippen LogP contribution in [-0.2, 0) is 5.54 Å². The Labute approximate surface area is 106 Å². The van der Waals surface area contributed by atoms with E-state index in [1.807, 2.05) is 0 Å². The zero-order valence-electron chi connectivity index (χ0n) is 12.1. The number of rotatable bonds is 2. The molecule has 1 nitrogen and oxygen atoms in total. The predicted octanol–water partition coefficient (Wildman–Crippen LogP) is 5.02. The van der Waals surface area contributed by atoms with Gasteiger partial charge in [-0.05, 0) is 56.6 Å². The number of aromatic nitrogens is 1. The fourth-order valence-electron chi connectivity index (χ4n) is 2.93. The molecule has 0 radical (unpaired) electrons. The Balaban J connectivity index is 2.38. The lowest BCUT2D eigenvalue weighted by Crippen LogP contribution is -2.19. The second-order valence-corrected chi connectivity index (χ2v) is 6.88. The van der Waals surface area contributed by atoms with Gasteiger partial charge in [-0.2, -0.15) is 0 Å². The van der Waals surface area contributed by atoms with E-state index in [0.29, 0.717) is 5.92 Å². The lowest BCUT2D eigenvalue weighted by atomic mass is 9.92. The average Bonchev–Trinajstić information content (AvgIpc) is 2.85. The Kier molecular flexibility index (Phi) is 3.38. The van der Waals surface area contributed by atoms with Crippen molar-refractivity contribution in [3.8, 4) is 0 Å². The van der Waals surface area contributed by atoms with Gasteiger partial charge in [0, 0.05) is 17.9 Å². The Hall–Kier alpha value is -0.720.